The van der Waals surface area contributed by atoms with Gasteiger partial charge >= 0.3 is 6.03 Å². The third-order valence-corrected chi connectivity index (χ3v) is 7.65. The van der Waals surface area contributed by atoms with E-state index in [1.807, 2.05) is 45.9 Å². The molecule has 2 N–H and O–H groups in total. The highest BCUT2D eigenvalue weighted by Gasteiger charge is 2.52. The largest absolute Gasteiger partial charge is 0.344 e. The van der Waals surface area contributed by atoms with E-state index in [4.69, 9.17) is 0 Å². The molecule has 3 heterocycles. The van der Waals surface area contributed by atoms with Crippen LogP contribution in [0.3, 0.4) is 0 Å². The number of thioether (sulfide) groups is 1. The zero-order chi connectivity index (χ0) is 23.0. The second-order valence-electron chi connectivity index (χ2n) is 7.56. The average Bonchev–Trinajstić information content (AvgIpc) is 3.20. The number of urea groups is 1. The standard InChI is InChI=1S/C22H23N5O3S2/c1-5-22(15-9-7-6-8-10-15)20(29)27(21(30)25-22)26-16(28)11-31-18-17-12(2)13(3)32-19(17)24-14(4)23-18/h6-10H,5,11H2,1-4H3,(H,25,30)(H,26,28)/t22-/m0/s1. The number of nitrogens with one attached hydrogen (secondary N) is 2. The van der Waals surface area contributed by atoms with Gasteiger partial charge in [-0.1, -0.05) is 49.0 Å². The van der Waals surface area contributed by atoms with Crippen molar-refractivity contribution in [3.05, 3.63) is 52.2 Å². The number of amides is 4. The van der Waals surface area contributed by atoms with Crippen LogP contribution in [0.5, 0.6) is 0 Å². The summed E-state index contributed by atoms with van der Waals surface area (Å²) in [6.07, 6.45) is 0.359. The van der Waals surface area contributed by atoms with Gasteiger partial charge in [-0.15, -0.1) is 11.3 Å². The summed E-state index contributed by atoms with van der Waals surface area (Å²) in [4.78, 5) is 49.4. The maximum absolute atomic E-state index is 13.1. The molecule has 1 aliphatic rings. The Kier molecular flexibility index (Phi) is 5.91. The van der Waals surface area contributed by atoms with Gasteiger partial charge in [-0.05, 0) is 38.3 Å². The molecular formula is C22H23N5O3S2. The first-order valence-corrected chi connectivity index (χ1v) is 12.0. The van der Waals surface area contributed by atoms with Crippen LogP contribution in [0.1, 0.15) is 35.2 Å². The van der Waals surface area contributed by atoms with Crippen LogP contribution in [0.15, 0.2) is 35.4 Å². The van der Waals surface area contributed by atoms with Gasteiger partial charge in [-0.2, -0.15) is 5.01 Å². The molecule has 0 radical (unpaired) electrons. The molecule has 4 amide bonds. The SMILES string of the molecule is CC[C@@]1(c2ccccc2)NC(=O)N(NC(=O)CSc2nc(C)nc3sc(C)c(C)c23)C1=O. The van der Waals surface area contributed by atoms with E-state index in [1.165, 1.54) is 11.8 Å². The molecule has 1 aromatic carbocycles. The summed E-state index contributed by atoms with van der Waals surface area (Å²) in [5.74, 6) is -0.334. The van der Waals surface area contributed by atoms with Crippen LogP contribution in [0.4, 0.5) is 4.79 Å². The molecule has 3 aromatic rings. The van der Waals surface area contributed by atoms with Crippen molar-refractivity contribution in [2.24, 2.45) is 0 Å². The quantitative estimate of drug-likeness (QED) is 0.325. The number of carbonyl (C=O) groups is 3. The summed E-state index contributed by atoms with van der Waals surface area (Å²) in [6, 6.07) is 8.38. The molecule has 1 saturated heterocycles. The lowest BCUT2D eigenvalue weighted by Gasteiger charge is -2.25. The van der Waals surface area contributed by atoms with Crippen molar-refractivity contribution in [3.63, 3.8) is 0 Å². The molecule has 1 atom stereocenters. The van der Waals surface area contributed by atoms with Crippen LogP contribution in [0.2, 0.25) is 0 Å². The number of hydrazine groups is 1. The summed E-state index contributed by atoms with van der Waals surface area (Å²) in [6.45, 7) is 7.68. The summed E-state index contributed by atoms with van der Waals surface area (Å²) < 4.78 is 0. The first kappa shape index (κ1) is 22.2. The van der Waals surface area contributed by atoms with Gasteiger partial charge in [0.25, 0.3) is 5.91 Å². The number of fused-ring (bicyclic) bond motifs is 1. The van der Waals surface area contributed by atoms with Crippen LogP contribution in [-0.4, -0.2) is 38.6 Å². The lowest BCUT2D eigenvalue weighted by atomic mass is 9.87. The number of imide groups is 1. The van der Waals surface area contributed by atoms with Crippen molar-refractivity contribution in [1.82, 2.24) is 25.7 Å². The van der Waals surface area contributed by atoms with Crippen molar-refractivity contribution in [2.75, 3.05) is 5.75 Å². The maximum atomic E-state index is 13.1. The minimum absolute atomic E-state index is 0.00140. The summed E-state index contributed by atoms with van der Waals surface area (Å²) >= 11 is 2.86. The fraction of sp³-hybridized carbons (Fsp3) is 0.318. The Labute approximate surface area is 193 Å². The third kappa shape index (κ3) is 3.73. The fourth-order valence-corrected chi connectivity index (χ4v) is 5.81. The van der Waals surface area contributed by atoms with Crippen LogP contribution >= 0.6 is 23.1 Å². The molecule has 1 aliphatic heterocycles. The number of hydrogen-bond donors (Lipinski definition) is 2. The summed E-state index contributed by atoms with van der Waals surface area (Å²) in [5, 5.41) is 5.19. The number of aromatic nitrogens is 2. The monoisotopic (exact) mass is 469 g/mol. The fourth-order valence-electron chi connectivity index (χ4n) is 3.75. The lowest BCUT2D eigenvalue weighted by Crippen LogP contribution is -2.49. The summed E-state index contributed by atoms with van der Waals surface area (Å²) in [5.41, 5.74) is 3.04. The van der Waals surface area contributed by atoms with Gasteiger partial charge in [-0.3, -0.25) is 15.0 Å². The van der Waals surface area contributed by atoms with Crippen molar-refractivity contribution < 1.29 is 14.4 Å². The van der Waals surface area contributed by atoms with Gasteiger partial charge in [0.1, 0.15) is 21.2 Å². The Morgan fingerprint density at radius 1 is 1.19 bits per heavy atom. The second kappa shape index (κ2) is 8.51. The molecule has 2 aromatic heterocycles. The van der Waals surface area contributed by atoms with Crippen LogP contribution in [-0.2, 0) is 15.1 Å². The Morgan fingerprint density at radius 2 is 1.91 bits per heavy atom. The topological polar surface area (TPSA) is 104 Å². The second-order valence-corrected chi connectivity index (χ2v) is 9.73. The van der Waals surface area contributed by atoms with E-state index in [9.17, 15) is 14.4 Å². The molecule has 8 nitrogen and oxygen atoms in total. The number of hydrogen-bond acceptors (Lipinski definition) is 7. The van der Waals surface area contributed by atoms with Gasteiger partial charge in [0.15, 0.2) is 0 Å². The Hall–Kier alpha value is -2.98. The first-order chi connectivity index (χ1) is 15.3. The third-order valence-electron chi connectivity index (χ3n) is 5.57. The minimum atomic E-state index is -1.19. The maximum Gasteiger partial charge on any atom is 0.344 e. The van der Waals surface area contributed by atoms with Crippen molar-refractivity contribution >= 4 is 51.2 Å². The molecule has 0 saturated carbocycles. The molecule has 0 aliphatic carbocycles. The number of aryl methyl sites for hydroxylation is 3. The Balaban J connectivity index is 1.50. The van der Waals surface area contributed by atoms with Crippen molar-refractivity contribution in [1.29, 1.82) is 0 Å². The number of benzene rings is 1. The normalized spacial score (nSPS) is 18.3. The molecular weight excluding hydrogens is 446 g/mol. The predicted molar refractivity (Wildman–Crippen MR) is 124 cm³/mol. The molecule has 1 fully saturated rings. The lowest BCUT2D eigenvalue weighted by molar-refractivity contribution is -0.138. The van der Waals surface area contributed by atoms with Gasteiger partial charge < -0.3 is 5.32 Å². The highest BCUT2D eigenvalue weighted by molar-refractivity contribution is 8.00. The molecule has 166 valence electrons. The van der Waals surface area contributed by atoms with E-state index >= 15 is 0 Å². The average molecular weight is 470 g/mol. The smallest absolute Gasteiger partial charge is 0.318 e. The van der Waals surface area contributed by atoms with E-state index in [-0.39, 0.29) is 5.75 Å². The van der Waals surface area contributed by atoms with Crippen molar-refractivity contribution in [2.45, 2.75) is 44.7 Å². The predicted octanol–water partition coefficient (Wildman–Crippen LogP) is 3.60. The molecule has 0 unspecified atom stereocenters. The van der Waals surface area contributed by atoms with Gasteiger partial charge in [-0.25, -0.2) is 14.8 Å². The number of carbonyl (C=O) groups excluding carboxylic acids is 3. The zero-order valence-electron chi connectivity index (χ0n) is 18.2. The molecule has 4 rings (SSSR count). The van der Waals surface area contributed by atoms with Crippen LogP contribution in [0, 0.1) is 20.8 Å². The zero-order valence-corrected chi connectivity index (χ0v) is 19.8. The first-order valence-electron chi connectivity index (χ1n) is 10.2. The number of rotatable bonds is 6. The Bertz CT molecular complexity index is 1230. The van der Waals surface area contributed by atoms with Gasteiger partial charge in [0.05, 0.1) is 5.75 Å². The number of nitrogens with zero attached hydrogens (tertiary/aromatic N) is 3. The van der Waals surface area contributed by atoms with Crippen LogP contribution in [0.25, 0.3) is 10.2 Å². The van der Waals surface area contributed by atoms with E-state index < -0.39 is 23.4 Å². The van der Waals surface area contributed by atoms with E-state index in [0.29, 0.717) is 22.8 Å². The Morgan fingerprint density at radius 3 is 2.59 bits per heavy atom. The summed E-state index contributed by atoms with van der Waals surface area (Å²) in [7, 11) is 0. The molecule has 32 heavy (non-hydrogen) atoms. The van der Waals surface area contributed by atoms with Gasteiger partial charge in [0, 0.05) is 10.3 Å². The van der Waals surface area contributed by atoms with E-state index in [1.54, 1.807) is 23.5 Å². The molecule has 0 bridgehead atoms. The number of thiophene rings is 1. The minimum Gasteiger partial charge on any atom is -0.318 e. The highest BCUT2D eigenvalue weighted by atomic mass is 32.2. The van der Waals surface area contributed by atoms with Crippen LogP contribution < -0.4 is 10.7 Å². The van der Waals surface area contributed by atoms with E-state index in [0.717, 1.165) is 25.7 Å². The van der Waals surface area contributed by atoms with Crippen molar-refractivity contribution in [3.8, 4) is 0 Å². The molecule has 10 heteroatoms. The highest BCUT2D eigenvalue weighted by Crippen LogP contribution is 2.35. The van der Waals surface area contributed by atoms with E-state index in [2.05, 4.69) is 20.7 Å². The van der Waals surface area contributed by atoms with Gasteiger partial charge in [0.2, 0.25) is 5.91 Å². The molecule has 0 spiro atoms.